The standard InChI is InChI=1S/C10H12O.BrH/c11-10-7-3-5-8-4-1-2-6-9(8)10;/h3,5,7,11H,1-2,4,6H2;1H. The van der Waals surface area contributed by atoms with Gasteiger partial charge < -0.3 is 5.11 Å². The van der Waals surface area contributed by atoms with Gasteiger partial charge >= 0.3 is 0 Å². The van der Waals surface area contributed by atoms with Crippen LogP contribution in [0.1, 0.15) is 24.0 Å². The van der Waals surface area contributed by atoms with Crippen molar-refractivity contribution in [1.82, 2.24) is 0 Å². The molecule has 0 unspecified atom stereocenters. The van der Waals surface area contributed by atoms with Crippen LogP contribution < -0.4 is 0 Å². The maximum Gasteiger partial charge on any atom is 0.119 e. The summed E-state index contributed by atoms with van der Waals surface area (Å²) in [4.78, 5) is 0. The number of aromatic hydroxyl groups is 1. The molecule has 0 fully saturated rings. The SMILES string of the molecule is Br.Oc1cccc2c1CCCC2. The highest BCUT2D eigenvalue weighted by atomic mass is 79.9. The summed E-state index contributed by atoms with van der Waals surface area (Å²) < 4.78 is 0. The second-order valence-electron chi connectivity index (χ2n) is 3.12. The number of hydrogen-bond acceptors (Lipinski definition) is 1. The second kappa shape index (κ2) is 3.94. The minimum absolute atomic E-state index is 0. The Morgan fingerprint density at radius 3 is 2.58 bits per heavy atom. The van der Waals surface area contributed by atoms with E-state index >= 15 is 0 Å². The van der Waals surface area contributed by atoms with Crippen LogP contribution in [0.3, 0.4) is 0 Å². The van der Waals surface area contributed by atoms with Gasteiger partial charge in [0.05, 0.1) is 0 Å². The van der Waals surface area contributed by atoms with Gasteiger partial charge in [-0.15, -0.1) is 17.0 Å². The molecule has 0 radical (unpaired) electrons. The van der Waals surface area contributed by atoms with Crippen molar-refractivity contribution in [2.75, 3.05) is 0 Å². The number of phenolic OH excluding ortho intramolecular Hbond substituents is 1. The molecule has 0 saturated carbocycles. The molecule has 0 atom stereocenters. The van der Waals surface area contributed by atoms with Crippen LogP contribution in [0.4, 0.5) is 0 Å². The summed E-state index contributed by atoms with van der Waals surface area (Å²) in [6, 6.07) is 5.83. The van der Waals surface area contributed by atoms with Gasteiger partial charge in [0.15, 0.2) is 0 Å². The molecule has 1 aromatic carbocycles. The van der Waals surface area contributed by atoms with Gasteiger partial charge in [-0.2, -0.15) is 0 Å². The summed E-state index contributed by atoms with van der Waals surface area (Å²) in [7, 11) is 0. The highest BCUT2D eigenvalue weighted by Gasteiger charge is 2.11. The van der Waals surface area contributed by atoms with Crippen molar-refractivity contribution in [2.24, 2.45) is 0 Å². The lowest BCUT2D eigenvalue weighted by molar-refractivity contribution is 0.462. The third kappa shape index (κ3) is 1.63. The lowest BCUT2D eigenvalue weighted by Crippen LogP contribution is -2.01. The first kappa shape index (κ1) is 9.59. The van der Waals surface area contributed by atoms with Gasteiger partial charge in [-0.25, -0.2) is 0 Å². The largest absolute Gasteiger partial charge is 0.508 e. The lowest BCUT2D eigenvalue weighted by Gasteiger charge is -2.15. The summed E-state index contributed by atoms with van der Waals surface area (Å²) in [5, 5.41) is 9.46. The summed E-state index contributed by atoms with van der Waals surface area (Å²) >= 11 is 0. The fraction of sp³-hybridized carbons (Fsp3) is 0.400. The molecule has 12 heavy (non-hydrogen) atoms. The quantitative estimate of drug-likeness (QED) is 0.725. The van der Waals surface area contributed by atoms with Crippen molar-refractivity contribution < 1.29 is 5.11 Å². The second-order valence-corrected chi connectivity index (χ2v) is 3.12. The van der Waals surface area contributed by atoms with Crippen LogP contribution in [0.2, 0.25) is 0 Å². The number of halogens is 1. The molecule has 66 valence electrons. The zero-order valence-electron chi connectivity index (χ0n) is 6.92. The van der Waals surface area contributed by atoms with Gasteiger partial charge in [-0.05, 0) is 42.9 Å². The first-order valence-corrected chi connectivity index (χ1v) is 4.17. The molecule has 0 spiro atoms. The van der Waals surface area contributed by atoms with E-state index in [0.717, 1.165) is 12.8 Å². The lowest BCUT2D eigenvalue weighted by atomic mass is 9.91. The van der Waals surface area contributed by atoms with E-state index in [2.05, 4.69) is 6.07 Å². The molecule has 0 bridgehead atoms. The van der Waals surface area contributed by atoms with E-state index in [4.69, 9.17) is 0 Å². The van der Waals surface area contributed by atoms with Crippen molar-refractivity contribution >= 4 is 17.0 Å². The van der Waals surface area contributed by atoms with Crippen LogP contribution in [0, 0.1) is 0 Å². The number of aryl methyl sites for hydroxylation is 1. The molecule has 0 amide bonds. The van der Waals surface area contributed by atoms with E-state index in [1.54, 1.807) is 6.07 Å². The molecule has 1 aliphatic carbocycles. The highest BCUT2D eigenvalue weighted by molar-refractivity contribution is 8.93. The van der Waals surface area contributed by atoms with Gasteiger partial charge in [-0.3, -0.25) is 0 Å². The Kier molecular flexibility index (Phi) is 3.15. The van der Waals surface area contributed by atoms with Gasteiger partial charge in [0.2, 0.25) is 0 Å². The van der Waals surface area contributed by atoms with Gasteiger partial charge in [0, 0.05) is 0 Å². The van der Waals surface area contributed by atoms with Crippen LogP contribution in [0.15, 0.2) is 18.2 Å². The minimum Gasteiger partial charge on any atom is -0.508 e. The predicted molar refractivity (Wildman–Crippen MR) is 55.1 cm³/mol. The molecule has 1 aromatic rings. The molecule has 0 aromatic heterocycles. The molecule has 1 nitrogen and oxygen atoms in total. The average Bonchev–Trinajstić information content (AvgIpc) is 2.06. The number of rotatable bonds is 0. The average molecular weight is 229 g/mol. The smallest absolute Gasteiger partial charge is 0.119 e. The first-order valence-electron chi connectivity index (χ1n) is 4.17. The summed E-state index contributed by atoms with van der Waals surface area (Å²) in [5.41, 5.74) is 2.52. The van der Waals surface area contributed by atoms with E-state index < -0.39 is 0 Å². The molecular formula is C10H13BrO. The van der Waals surface area contributed by atoms with Gasteiger partial charge in [0.25, 0.3) is 0 Å². The maximum atomic E-state index is 9.46. The predicted octanol–water partition coefficient (Wildman–Crippen LogP) is 2.85. The monoisotopic (exact) mass is 228 g/mol. The number of hydrogen-bond donors (Lipinski definition) is 1. The van der Waals surface area contributed by atoms with E-state index in [1.165, 1.54) is 24.0 Å². The number of benzene rings is 1. The van der Waals surface area contributed by atoms with Crippen LogP contribution in [-0.4, -0.2) is 5.11 Å². The molecular weight excluding hydrogens is 216 g/mol. The first-order chi connectivity index (χ1) is 5.38. The topological polar surface area (TPSA) is 20.2 Å². The van der Waals surface area contributed by atoms with Crippen molar-refractivity contribution in [1.29, 1.82) is 0 Å². The third-order valence-corrected chi connectivity index (χ3v) is 2.37. The van der Waals surface area contributed by atoms with Gasteiger partial charge in [-0.1, -0.05) is 12.1 Å². The third-order valence-electron chi connectivity index (χ3n) is 2.37. The van der Waals surface area contributed by atoms with Crippen molar-refractivity contribution in [2.45, 2.75) is 25.7 Å². The van der Waals surface area contributed by atoms with Crippen molar-refractivity contribution in [3.63, 3.8) is 0 Å². The highest BCUT2D eigenvalue weighted by Crippen LogP contribution is 2.27. The molecule has 0 aliphatic heterocycles. The zero-order valence-corrected chi connectivity index (χ0v) is 8.63. The zero-order chi connectivity index (χ0) is 7.68. The van der Waals surface area contributed by atoms with E-state index in [1.807, 2.05) is 6.07 Å². The summed E-state index contributed by atoms with van der Waals surface area (Å²) in [6.07, 6.45) is 4.70. The Hall–Kier alpha value is -0.500. The molecule has 1 N–H and O–H groups in total. The van der Waals surface area contributed by atoms with E-state index in [-0.39, 0.29) is 17.0 Å². The Morgan fingerprint density at radius 2 is 1.83 bits per heavy atom. The molecule has 0 saturated heterocycles. The molecule has 2 rings (SSSR count). The maximum absolute atomic E-state index is 9.46. The van der Waals surface area contributed by atoms with E-state index in [0.29, 0.717) is 5.75 Å². The fourth-order valence-corrected chi connectivity index (χ4v) is 1.76. The molecule has 2 heteroatoms. The van der Waals surface area contributed by atoms with Crippen molar-refractivity contribution in [3.8, 4) is 5.75 Å². The Bertz CT molecular complexity index is 271. The summed E-state index contributed by atoms with van der Waals surface area (Å²) in [6.45, 7) is 0. The Labute approximate surface area is 83.2 Å². The van der Waals surface area contributed by atoms with Crippen LogP contribution in [0.5, 0.6) is 5.75 Å². The number of phenols is 1. The fourth-order valence-electron chi connectivity index (χ4n) is 1.76. The van der Waals surface area contributed by atoms with E-state index in [9.17, 15) is 5.11 Å². The molecule has 1 aliphatic rings. The Balaban J connectivity index is 0.000000720. The van der Waals surface area contributed by atoms with Gasteiger partial charge in [0.1, 0.15) is 5.75 Å². The summed E-state index contributed by atoms with van der Waals surface area (Å²) in [5.74, 6) is 0.488. The van der Waals surface area contributed by atoms with Crippen LogP contribution >= 0.6 is 17.0 Å². The van der Waals surface area contributed by atoms with Crippen LogP contribution in [0.25, 0.3) is 0 Å². The normalized spacial score (nSPS) is 14.7. The Morgan fingerprint density at radius 1 is 1.08 bits per heavy atom. The van der Waals surface area contributed by atoms with Crippen molar-refractivity contribution in [3.05, 3.63) is 29.3 Å². The number of fused-ring (bicyclic) bond motifs is 1. The molecule has 0 heterocycles. The van der Waals surface area contributed by atoms with Crippen LogP contribution in [-0.2, 0) is 12.8 Å². The minimum atomic E-state index is 0.